The Morgan fingerprint density at radius 1 is 0.643 bits per heavy atom. The molecule has 0 bridgehead atoms. The summed E-state index contributed by atoms with van der Waals surface area (Å²) >= 11 is 0. The van der Waals surface area contributed by atoms with Crippen molar-refractivity contribution in [2.24, 2.45) is 0 Å². The Morgan fingerprint density at radius 3 is 2.33 bits per heavy atom. The fourth-order valence-corrected chi connectivity index (χ4v) is 6.30. The van der Waals surface area contributed by atoms with Crippen LogP contribution in [0.25, 0.3) is 33.3 Å². The Hall–Kier alpha value is -5.09. The second-order valence-electron chi connectivity index (χ2n) is 11.1. The number of aromatic nitrogens is 3. The summed E-state index contributed by atoms with van der Waals surface area (Å²) in [5.74, 6) is 2.23. The molecule has 1 aromatic heterocycles. The van der Waals surface area contributed by atoms with Crippen molar-refractivity contribution >= 4 is 39.0 Å². The highest BCUT2D eigenvalue weighted by molar-refractivity contribution is 5.96. The van der Waals surface area contributed by atoms with Crippen molar-refractivity contribution in [1.29, 1.82) is 0 Å². The zero-order chi connectivity index (χ0) is 27.9. The fourth-order valence-electron chi connectivity index (χ4n) is 6.30. The van der Waals surface area contributed by atoms with E-state index in [1.165, 1.54) is 33.3 Å². The van der Waals surface area contributed by atoms with E-state index in [1.54, 1.807) is 0 Å². The molecule has 1 aliphatic heterocycles. The first-order valence-corrected chi connectivity index (χ1v) is 14.8. The Balaban J connectivity index is 1.23. The minimum atomic E-state index is 0.710. The smallest absolute Gasteiger partial charge is 0.164 e. The van der Waals surface area contributed by atoms with Gasteiger partial charge in [0.25, 0.3) is 0 Å². The normalized spacial score (nSPS) is 15.7. The number of anilines is 3. The molecule has 42 heavy (non-hydrogen) atoms. The first-order valence-electron chi connectivity index (χ1n) is 14.8. The molecule has 4 heteroatoms. The maximum Gasteiger partial charge on any atom is 0.164 e. The predicted molar refractivity (Wildman–Crippen MR) is 173 cm³/mol. The average molecular weight is 543 g/mol. The van der Waals surface area contributed by atoms with Crippen molar-refractivity contribution in [3.05, 3.63) is 144 Å². The third kappa shape index (κ3) is 4.36. The number of para-hydroxylation sites is 1. The molecule has 4 nitrogen and oxygen atoms in total. The van der Waals surface area contributed by atoms with Crippen LogP contribution in [0.2, 0.25) is 0 Å². The molecule has 3 aliphatic rings. The van der Waals surface area contributed by atoms with Crippen molar-refractivity contribution in [2.45, 2.75) is 32.1 Å². The predicted octanol–water partition coefficient (Wildman–Crippen LogP) is 9.53. The van der Waals surface area contributed by atoms with E-state index in [4.69, 9.17) is 15.0 Å². The standard InChI is InChI=1S/C38H30N4/c1-3-12-27(13-4-1)36-39-37(28-14-5-2-6-15-28)41-38(40-36)29-19-22-31(23-20-29)42-34-18-10-8-16-30(34)25-33-32-17-9-7-11-26(32)21-24-35(33)42/h1,3,5,7-12,14-24H,2,4,6,13,25H2. The summed E-state index contributed by atoms with van der Waals surface area (Å²) in [6.45, 7) is 0. The van der Waals surface area contributed by atoms with Gasteiger partial charge in [-0.2, -0.15) is 0 Å². The molecule has 0 unspecified atom stereocenters. The van der Waals surface area contributed by atoms with E-state index in [9.17, 15) is 0 Å². The molecule has 0 amide bonds. The zero-order valence-electron chi connectivity index (χ0n) is 23.4. The highest BCUT2D eigenvalue weighted by atomic mass is 15.2. The highest BCUT2D eigenvalue weighted by Gasteiger charge is 2.25. The maximum atomic E-state index is 4.98. The van der Waals surface area contributed by atoms with E-state index in [1.807, 2.05) is 0 Å². The van der Waals surface area contributed by atoms with Crippen molar-refractivity contribution < 1.29 is 0 Å². The summed E-state index contributed by atoms with van der Waals surface area (Å²) in [5, 5.41) is 2.59. The van der Waals surface area contributed by atoms with Crippen molar-refractivity contribution in [3.8, 4) is 11.4 Å². The van der Waals surface area contributed by atoms with Crippen LogP contribution in [0.3, 0.4) is 0 Å². The van der Waals surface area contributed by atoms with Crippen LogP contribution in [0.4, 0.5) is 17.1 Å². The molecule has 0 radical (unpaired) electrons. The number of fused-ring (bicyclic) bond motifs is 4. The van der Waals surface area contributed by atoms with Crippen LogP contribution in [0, 0.1) is 0 Å². The van der Waals surface area contributed by atoms with Gasteiger partial charge < -0.3 is 4.90 Å². The van der Waals surface area contributed by atoms with E-state index >= 15 is 0 Å². The topological polar surface area (TPSA) is 41.9 Å². The number of hydrogen-bond acceptors (Lipinski definition) is 4. The zero-order valence-corrected chi connectivity index (χ0v) is 23.4. The van der Waals surface area contributed by atoms with Crippen LogP contribution in [-0.4, -0.2) is 15.0 Å². The number of nitrogens with zero attached hydrogens (tertiary/aromatic N) is 4. The first-order chi connectivity index (χ1) is 20.8. The van der Waals surface area contributed by atoms with Crippen molar-refractivity contribution in [2.75, 3.05) is 4.90 Å². The quantitative estimate of drug-likeness (QED) is 0.222. The van der Waals surface area contributed by atoms with Gasteiger partial charge in [0.15, 0.2) is 17.5 Å². The van der Waals surface area contributed by atoms with Gasteiger partial charge in [0.05, 0.1) is 5.69 Å². The summed E-state index contributed by atoms with van der Waals surface area (Å²) in [4.78, 5) is 17.3. The Labute approximate surface area is 246 Å². The first kappa shape index (κ1) is 24.7. The van der Waals surface area contributed by atoms with Crippen LogP contribution >= 0.6 is 0 Å². The molecule has 2 heterocycles. The summed E-state index contributed by atoms with van der Waals surface area (Å²) in [6, 6.07) is 30.6. The lowest BCUT2D eigenvalue weighted by molar-refractivity contribution is 0.952. The SMILES string of the molecule is C1=CCCC(c2nc(C3=CCCC=C3)nc(-c3ccc(N4c5ccccc5Cc5c4ccc4ccccc54)cc3)n2)=C1. The molecule has 4 aromatic carbocycles. The minimum Gasteiger partial charge on any atom is -0.310 e. The maximum absolute atomic E-state index is 4.98. The number of hydrogen-bond donors (Lipinski definition) is 0. The largest absolute Gasteiger partial charge is 0.310 e. The molecule has 0 atom stereocenters. The Bertz CT molecular complexity index is 1960. The number of benzene rings is 4. The van der Waals surface area contributed by atoms with E-state index < -0.39 is 0 Å². The molecule has 0 N–H and O–H groups in total. The van der Waals surface area contributed by atoms with Crippen LogP contribution in [0.15, 0.2) is 121 Å². The van der Waals surface area contributed by atoms with Crippen LogP contribution in [0.5, 0.6) is 0 Å². The Kier molecular flexibility index (Phi) is 6.11. The van der Waals surface area contributed by atoms with E-state index in [-0.39, 0.29) is 0 Å². The Morgan fingerprint density at radius 2 is 1.48 bits per heavy atom. The number of rotatable bonds is 4. The van der Waals surface area contributed by atoms with E-state index in [2.05, 4.69) is 126 Å². The van der Waals surface area contributed by atoms with Crippen LogP contribution in [-0.2, 0) is 6.42 Å². The molecule has 0 spiro atoms. The molecule has 0 fully saturated rings. The molecule has 2 aliphatic carbocycles. The molecule has 0 saturated carbocycles. The molecule has 8 rings (SSSR count). The van der Waals surface area contributed by atoms with Crippen LogP contribution < -0.4 is 4.90 Å². The van der Waals surface area contributed by atoms with E-state index in [0.717, 1.165) is 66.1 Å². The van der Waals surface area contributed by atoms with Crippen LogP contribution in [0.1, 0.15) is 48.5 Å². The van der Waals surface area contributed by atoms with Gasteiger partial charge in [0, 0.05) is 28.9 Å². The van der Waals surface area contributed by atoms with Gasteiger partial charge in [-0.15, -0.1) is 0 Å². The molecular formula is C38H30N4. The van der Waals surface area contributed by atoms with Gasteiger partial charge >= 0.3 is 0 Å². The van der Waals surface area contributed by atoms with Gasteiger partial charge in [-0.1, -0.05) is 85.0 Å². The lowest BCUT2D eigenvalue weighted by atomic mass is 9.91. The minimum absolute atomic E-state index is 0.710. The van der Waals surface area contributed by atoms with Crippen molar-refractivity contribution in [3.63, 3.8) is 0 Å². The highest BCUT2D eigenvalue weighted by Crippen LogP contribution is 2.46. The molecule has 5 aromatic rings. The fraction of sp³-hybridized carbons (Fsp3) is 0.132. The second-order valence-corrected chi connectivity index (χ2v) is 11.1. The van der Waals surface area contributed by atoms with Gasteiger partial charge in [-0.25, -0.2) is 15.0 Å². The molecule has 202 valence electrons. The summed E-state index contributed by atoms with van der Waals surface area (Å²) in [7, 11) is 0. The average Bonchev–Trinajstić information content (AvgIpc) is 3.08. The summed E-state index contributed by atoms with van der Waals surface area (Å²) in [5.41, 5.74) is 9.50. The summed E-state index contributed by atoms with van der Waals surface area (Å²) in [6.07, 6.45) is 17.9. The number of allylic oxidation sites excluding steroid dienone is 8. The van der Waals surface area contributed by atoms with E-state index in [0.29, 0.717) is 5.82 Å². The third-order valence-electron chi connectivity index (χ3n) is 8.43. The molecular weight excluding hydrogens is 512 g/mol. The van der Waals surface area contributed by atoms with Gasteiger partial charge in [-0.3, -0.25) is 0 Å². The van der Waals surface area contributed by atoms with Crippen molar-refractivity contribution in [1.82, 2.24) is 15.0 Å². The van der Waals surface area contributed by atoms with Gasteiger partial charge in [0.1, 0.15) is 0 Å². The second kappa shape index (κ2) is 10.4. The summed E-state index contributed by atoms with van der Waals surface area (Å²) < 4.78 is 0. The molecule has 0 saturated heterocycles. The monoisotopic (exact) mass is 542 g/mol. The lowest BCUT2D eigenvalue weighted by Crippen LogP contribution is -2.18. The van der Waals surface area contributed by atoms with Gasteiger partial charge in [0.2, 0.25) is 0 Å². The third-order valence-corrected chi connectivity index (χ3v) is 8.43. The lowest BCUT2D eigenvalue weighted by Gasteiger charge is -2.34. The van der Waals surface area contributed by atoms with Gasteiger partial charge in [-0.05, 0) is 89.6 Å².